The van der Waals surface area contributed by atoms with E-state index < -0.39 is 0 Å². The number of thiocarbonyl (C=S) groups is 1. The lowest BCUT2D eigenvalue weighted by Gasteiger charge is -2.28. The first kappa shape index (κ1) is 13.9. The molecule has 1 nitrogen and oxygen atoms in total. The second kappa shape index (κ2) is 5.74. The average molecular weight is 301 g/mol. The number of nitrogens with zero attached hydrogens (tertiary/aromatic N) is 1. The Hall–Kier alpha value is -1.06. The van der Waals surface area contributed by atoms with Gasteiger partial charge in [0, 0.05) is 18.3 Å². The van der Waals surface area contributed by atoms with Crippen LogP contribution in [0.2, 0.25) is 0 Å². The van der Waals surface area contributed by atoms with E-state index in [2.05, 4.69) is 61.2 Å². The molecule has 2 aromatic carbocycles. The highest BCUT2D eigenvalue weighted by Gasteiger charge is 2.30. The number of fused-ring (bicyclic) bond motifs is 1. The molecule has 0 saturated carbocycles. The summed E-state index contributed by atoms with van der Waals surface area (Å²) in [6, 6.07) is 15.8. The summed E-state index contributed by atoms with van der Waals surface area (Å²) >= 11 is 7.34. The van der Waals surface area contributed by atoms with Crippen LogP contribution in [0.4, 0.5) is 0 Å². The summed E-state index contributed by atoms with van der Waals surface area (Å²) in [4.78, 5) is 2.40. The molecule has 0 N–H and O–H groups in total. The largest absolute Gasteiger partial charge is 0.349 e. The molecule has 3 heteroatoms. The summed E-state index contributed by atoms with van der Waals surface area (Å²) in [5.74, 6) is 1.77. The van der Waals surface area contributed by atoms with Gasteiger partial charge in [-0.15, -0.1) is 0 Å². The molecule has 1 atom stereocenters. The van der Waals surface area contributed by atoms with E-state index in [9.17, 15) is 0 Å². The molecule has 0 spiro atoms. The highest BCUT2D eigenvalue weighted by atomic mass is 32.2. The Kier molecular flexibility index (Phi) is 3.99. The molecular weight excluding hydrogens is 282 g/mol. The zero-order chi connectivity index (χ0) is 14.1. The topological polar surface area (TPSA) is 3.24 Å². The third kappa shape index (κ3) is 2.70. The van der Waals surface area contributed by atoms with Crippen molar-refractivity contribution in [3.05, 3.63) is 48.0 Å². The maximum atomic E-state index is 5.52. The molecule has 2 aromatic rings. The zero-order valence-electron chi connectivity index (χ0n) is 11.9. The molecule has 1 saturated heterocycles. The van der Waals surface area contributed by atoms with E-state index in [1.165, 1.54) is 16.3 Å². The van der Waals surface area contributed by atoms with Crippen LogP contribution >= 0.6 is 24.0 Å². The molecular formula is C17H19NS2. The van der Waals surface area contributed by atoms with Crippen molar-refractivity contribution in [1.29, 1.82) is 0 Å². The van der Waals surface area contributed by atoms with Crippen LogP contribution in [0.25, 0.3) is 10.8 Å². The molecule has 3 rings (SSSR count). The van der Waals surface area contributed by atoms with Gasteiger partial charge in [0.1, 0.15) is 4.32 Å². The summed E-state index contributed by atoms with van der Waals surface area (Å²) < 4.78 is 1.05. The summed E-state index contributed by atoms with van der Waals surface area (Å²) in [5, 5.41) is 2.61. The van der Waals surface area contributed by atoms with Crippen molar-refractivity contribution < 1.29 is 0 Å². The smallest absolute Gasteiger partial charge is 0.137 e. The SMILES string of the molecule is CC(C)[C@H]1CSC(=S)N1Cc1ccc2ccccc2c1. The molecule has 0 aliphatic carbocycles. The first-order valence-electron chi connectivity index (χ1n) is 7.06. The first-order valence-corrected chi connectivity index (χ1v) is 8.45. The summed E-state index contributed by atoms with van der Waals surface area (Å²) in [5.41, 5.74) is 1.35. The van der Waals surface area contributed by atoms with Crippen LogP contribution in [-0.4, -0.2) is 21.0 Å². The third-order valence-corrected chi connectivity index (χ3v) is 5.53. The van der Waals surface area contributed by atoms with Crippen molar-refractivity contribution in [3.63, 3.8) is 0 Å². The van der Waals surface area contributed by atoms with Gasteiger partial charge in [0.2, 0.25) is 0 Å². The monoisotopic (exact) mass is 301 g/mol. The van der Waals surface area contributed by atoms with E-state index in [1.807, 2.05) is 11.8 Å². The van der Waals surface area contributed by atoms with Crippen LogP contribution < -0.4 is 0 Å². The van der Waals surface area contributed by atoms with E-state index in [-0.39, 0.29) is 0 Å². The number of rotatable bonds is 3. The molecule has 1 aliphatic heterocycles. The molecule has 1 heterocycles. The molecule has 20 heavy (non-hydrogen) atoms. The van der Waals surface area contributed by atoms with Gasteiger partial charge in [0.05, 0.1) is 0 Å². The predicted octanol–water partition coefficient (Wildman–Crippen LogP) is 4.70. The van der Waals surface area contributed by atoms with Crippen LogP contribution in [0, 0.1) is 5.92 Å². The Morgan fingerprint density at radius 3 is 2.70 bits per heavy atom. The quantitative estimate of drug-likeness (QED) is 0.757. The normalized spacial score (nSPS) is 19.2. The zero-order valence-corrected chi connectivity index (χ0v) is 13.5. The maximum absolute atomic E-state index is 5.52. The van der Waals surface area contributed by atoms with Gasteiger partial charge in [-0.2, -0.15) is 0 Å². The molecule has 1 aliphatic rings. The highest BCUT2D eigenvalue weighted by molar-refractivity contribution is 8.23. The molecule has 1 fully saturated rings. The number of benzene rings is 2. The Morgan fingerprint density at radius 1 is 1.20 bits per heavy atom. The molecule has 0 aromatic heterocycles. The highest BCUT2D eigenvalue weighted by Crippen LogP contribution is 2.30. The van der Waals surface area contributed by atoms with Crippen molar-refractivity contribution >= 4 is 39.1 Å². The van der Waals surface area contributed by atoms with Crippen LogP contribution in [0.1, 0.15) is 19.4 Å². The van der Waals surface area contributed by atoms with Gasteiger partial charge in [-0.05, 0) is 28.3 Å². The molecule has 0 unspecified atom stereocenters. The lowest BCUT2D eigenvalue weighted by molar-refractivity contribution is 0.281. The van der Waals surface area contributed by atoms with E-state index in [4.69, 9.17) is 12.2 Å². The van der Waals surface area contributed by atoms with Gasteiger partial charge < -0.3 is 4.90 Å². The Balaban J connectivity index is 1.86. The van der Waals surface area contributed by atoms with Gasteiger partial charge in [-0.3, -0.25) is 0 Å². The minimum Gasteiger partial charge on any atom is -0.349 e. The minimum atomic E-state index is 0.568. The van der Waals surface area contributed by atoms with Crippen molar-refractivity contribution in [2.24, 2.45) is 5.92 Å². The van der Waals surface area contributed by atoms with E-state index in [0.29, 0.717) is 12.0 Å². The summed E-state index contributed by atoms with van der Waals surface area (Å²) in [7, 11) is 0. The maximum Gasteiger partial charge on any atom is 0.137 e. The summed E-state index contributed by atoms with van der Waals surface area (Å²) in [6.45, 7) is 5.50. The van der Waals surface area contributed by atoms with Crippen LogP contribution in [-0.2, 0) is 6.54 Å². The van der Waals surface area contributed by atoms with E-state index >= 15 is 0 Å². The molecule has 0 radical (unpaired) electrons. The number of hydrogen-bond donors (Lipinski definition) is 0. The van der Waals surface area contributed by atoms with Crippen molar-refractivity contribution in [2.75, 3.05) is 5.75 Å². The Labute approximate surface area is 130 Å². The average Bonchev–Trinajstić information content (AvgIpc) is 2.80. The van der Waals surface area contributed by atoms with Crippen LogP contribution in [0.5, 0.6) is 0 Å². The van der Waals surface area contributed by atoms with Crippen LogP contribution in [0.3, 0.4) is 0 Å². The van der Waals surface area contributed by atoms with Gasteiger partial charge in [-0.25, -0.2) is 0 Å². The third-order valence-electron chi connectivity index (χ3n) is 3.95. The van der Waals surface area contributed by atoms with E-state index in [1.54, 1.807) is 0 Å². The Bertz CT molecular complexity index is 636. The summed E-state index contributed by atoms with van der Waals surface area (Å²) in [6.07, 6.45) is 0. The van der Waals surface area contributed by atoms with Crippen molar-refractivity contribution in [3.8, 4) is 0 Å². The number of thioether (sulfide) groups is 1. The number of hydrogen-bond acceptors (Lipinski definition) is 2. The fraction of sp³-hybridized carbons (Fsp3) is 0.353. The molecule has 104 valence electrons. The second-order valence-electron chi connectivity index (χ2n) is 5.70. The van der Waals surface area contributed by atoms with Crippen LogP contribution in [0.15, 0.2) is 42.5 Å². The lowest BCUT2D eigenvalue weighted by atomic mass is 10.0. The molecule has 0 amide bonds. The lowest BCUT2D eigenvalue weighted by Crippen LogP contribution is -2.36. The Morgan fingerprint density at radius 2 is 1.95 bits per heavy atom. The predicted molar refractivity (Wildman–Crippen MR) is 93.2 cm³/mol. The van der Waals surface area contributed by atoms with Gasteiger partial charge in [0.15, 0.2) is 0 Å². The fourth-order valence-electron chi connectivity index (χ4n) is 2.73. The van der Waals surface area contributed by atoms with Crippen molar-refractivity contribution in [2.45, 2.75) is 26.4 Å². The second-order valence-corrected chi connectivity index (χ2v) is 7.35. The minimum absolute atomic E-state index is 0.568. The fourth-order valence-corrected chi connectivity index (χ4v) is 4.38. The standard InChI is InChI=1S/C17H19NS2/c1-12(2)16-11-20-17(19)18(16)10-13-7-8-14-5-3-4-6-15(14)9-13/h3-9,12,16H,10-11H2,1-2H3/t16-/m1/s1. The first-order chi connectivity index (χ1) is 9.65. The van der Waals surface area contributed by atoms with Gasteiger partial charge in [-0.1, -0.05) is 74.2 Å². The van der Waals surface area contributed by atoms with Crippen molar-refractivity contribution in [1.82, 2.24) is 4.90 Å². The van der Waals surface area contributed by atoms with Gasteiger partial charge >= 0.3 is 0 Å². The van der Waals surface area contributed by atoms with E-state index in [0.717, 1.165) is 16.6 Å². The van der Waals surface area contributed by atoms with Gasteiger partial charge in [0.25, 0.3) is 0 Å². The molecule has 0 bridgehead atoms.